The minimum absolute atomic E-state index is 0.0371. The van der Waals surface area contributed by atoms with Gasteiger partial charge in [0.05, 0.1) is 21.7 Å². The van der Waals surface area contributed by atoms with Crippen molar-refractivity contribution in [1.29, 1.82) is 0 Å². The number of sulfone groups is 1. The third kappa shape index (κ3) is 3.57. The lowest BCUT2D eigenvalue weighted by molar-refractivity contribution is 0.594. The third-order valence-electron chi connectivity index (χ3n) is 2.40. The van der Waals surface area contributed by atoms with E-state index >= 15 is 0 Å². The van der Waals surface area contributed by atoms with Crippen molar-refractivity contribution in [1.82, 2.24) is 4.98 Å². The molecule has 7 heteroatoms. The van der Waals surface area contributed by atoms with Crippen molar-refractivity contribution in [3.8, 4) is 0 Å². The molecular weight excluding hydrogens is 313 g/mol. The van der Waals surface area contributed by atoms with Crippen molar-refractivity contribution in [2.24, 2.45) is 0 Å². The van der Waals surface area contributed by atoms with Gasteiger partial charge in [-0.05, 0) is 24.1 Å². The summed E-state index contributed by atoms with van der Waals surface area (Å²) in [6.45, 7) is 0. The molecule has 0 saturated heterocycles. The van der Waals surface area contributed by atoms with E-state index in [1.165, 1.54) is 11.3 Å². The van der Waals surface area contributed by atoms with Crippen LogP contribution < -0.4 is 0 Å². The Morgan fingerprint density at radius 3 is 2.83 bits per heavy atom. The molecule has 0 bridgehead atoms. The van der Waals surface area contributed by atoms with Gasteiger partial charge in [0.1, 0.15) is 0 Å². The molecule has 0 fully saturated rings. The van der Waals surface area contributed by atoms with Crippen LogP contribution in [0.1, 0.15) is 12.0 Å². The molecule has 2 aromatic rings. The first-order chi connectivity index (χ1) is 8.50. The molecule has 1 heterocycles. The molecule has 18 heavy (non-hydrogen) atoms. The molecule has 0 N–H and O–H groups in total. The number of aromatic nitrogens is 1. The molecule has 98 valence electrons. The van der Waals surface area contributed by atoms with E-state index in [0.717, 1.165) is 15.8 Å². The van der Waals surface area contributed by atoms with Crippen molar-refractivity contribution in [2.45, 2.75) is 12.2 Å². The van der Waals surface area contributed by atoms with E-state index < -0.39 is 9.84 Å². The van der Waals surface area contributed by atoms with E-state index in [1.807, 2.05) is 6.07 Å². The fraction of sp³-hybridized carbons (Fsp3) is 0.364. The van der Waals surface area contributed by atoms with Gasteiger partial charge in [0, 0.05) is 5.88 Å². The maximum Gasteiger partial charge on any atom is 0.184 e. The topological polar surface area (TPSA) is 47.0 Å². The predicted octanol–water partition coefficient (Wildman–Crippen LogP) is 3.49. The molecule has 0 atom stereocenters. The second-order valence-corrected chi connectivity index (χ2v) is 8.08. The van der Waals surface area contributed by atoms with E-state index in [9.17, 15) is 8.42 Å². The van der Waals surface area contributed by atoms with Gasteiger partial charge in [-0.2, -0.15) is 0 Å². The largest absolute Gasteiger partial charge is 0.228 e. The molecule has 0 radical (unpaired) electrons. The standard InChI is InChI=1S/C11H11Cl2NO2S2/c12-4-1-5-18(15,16)7-8-2-3-9-10(6-8)17-11(13)14-9/h2-3,6H,1,4-5,7H2. The normalized spacial score (nSPS) is 12.1. The predicted molar refractivity (Wildman–Crippen MR) is 77.5 cm³/mol. The van der Waals surface area contributed by atoms with Crippen molar-refractivity contribution in [3.05, 3.63) is 28.2 Å². The summed E-state index contributed by atoms with van der Waals surface area (Å²) in [6, 6.07) is 5.40. The second kappa shape index (κ2) is 5.74. The smallest absolute Gasteiger partial charge is 0.184 e. The lowest BCUT2D eigenvalue weighted by Gasteiger charge is -2.03. The summed E-state index contributed by atoms with van der Waals surface area (Å²) in [5.74, 6) is 0.524. The van der Waals surface area contributed by atoms with Gasteiger partial charge < -0.3 is 0 Å². The van der Waals surface area contributed by atoms with Gasteiger partial charge in [0.15, 0.2) is 14.3 Å². The minimum atomic E-state index is -3.09. The minimum Gasteiger partial charge on any atom is -0.228 e. The van der Waals surface area contributed by atoms with Crippen molar-refractivity contribution in [2.75, 3.05) is 11.6 Å². The molecular formula is C11H11Cl2NO2S2. The summed E-state index contributed by atoms with van der Waals surface area (Å²) in [6.07, 6.45) is 0.485. The average molecular weight is 324 g/mol. The van der Waals surface area contributed by atoms with Crippen molar-refractivity contribution >= 4 is 54.6 Å². The van der Waals surface area contributed by atoms with Crippen LogP contribution in [-0.2, 0) is 15.6 Å². The monoisotopic (exact) mass is 323 g/mol. The van der Waals surface area contributed by atoms with Gasteiger partial charge in [-0.15, -0.1) is 22.9 Å². The average Bonchev–Trinajstić information content (AvgIpc) is 2.65. The lowest BCUT2D eigenvalue weighted by atomic mass is 10.2. The molecule has 0 aliphatic rings. The molecule has 0 spiro atoms. The Morgan fingerprint density at radius 2 is 2.11 bits per heavy atom. The number of hydrogen-bond donors (Lipinski definition) is 0. The maximum absolute atomic E-state index is 11.8. The number of thiazole rings is 1. The number of nitrogens with zero attached hydrogens (tertiary/aromatic N) is 1. The molecule has 0 aliphatic carbocycles. The molecule has 0 unspecified atom stereocenters. The third-order valence-corrected chi connectivity index (χ3v) is 5.48. The number of hydrogen-bond acceptors (Lipinski definition) is 4. The molecule has 0 amide bonds. The van der Waals surface area contributed by atoms with E-state index in [0.29, 0.717) is 16.8 Å². The van der Waals surface area contributed by atoms with Crippen LogP contribution in [0.2, 0.25) is 4.47 Å². The zero-order valence-electron chi connectivity index (χ0n) is 9.40. The molecule has 3 nitrogen and oxygen atoms in total. The Hall–Kier alpha value is -0.360. The highest BCUT2D eigenvalue weighted by Gasteiger charge is 2.12. The zero-order chi connectivity index (χ0) is 13.2. The highest BCUT2D eigenvalue weighted by atomic mass is 35.5. The second-order valence-electron chi connectivity index (χ2n) is 3.90. The van der Waals surface area contributed by atoms with Crippen LogP contribution in [0.4, 0.5) is 0 Å². The fourth-order valence-electron chi connectivity index (χ4n) is 1.63. The highest BCUT2D eigenvalue weighted by molar-refractivity contribution is 7.90. The number of rotatable bonds is 5. The molecule has 1 aromatic heterocycles. The number of benzene rings is 1. The molecule has 0 saturated carbocycles. The van der Waals surface area contributed by atoms with Crippen LogP contribution in [0.3, 0.4) is 0 Å². The molecule has 2 rings (SSSR count). The maximum atomic E-state index is 11.8. The first kappa shape index (κ1) is 14.1. The fourth-order valence-corrected chi connectivity index (χ4v) is 4.43. The Morgan fingerprint density at radius 1 is 1.33 bits per heavy atom. The van der Waals surface area contributed by atoms with Gasteiger partial charge in [0.2, 0.25) is 0 Å². The van der Waals surface area contributed by atoms with E-state index in [-0.39, 0.29) is 11.5 Å². The number of fused-ring (bicyclic) bond motifs is 1. The van der Waals surface area contributed by atoms with Crippen LogP contribution in [-0.4, -0.2) is 25.0 Å². The quantitative estimate of drug-likeness (QED) is 0.791. The lowest BCUT2D eigenvalue weighted by Crippen LogP contribution is -2.09. The highest BCUT2D eigenvalue weighted by Crippen LogP contribution is 2.27. The summed E-state index contributed by atoms with van der Waals surface area (Å²) in [5.41, 5.74) is 1.56. The van der Waals surface area contributed by atoms with E-state index in [1.54, 1.807) is 12.1 Å². The molecule has 1 aromatic carbocycles. The first-order valence-electron chi connectivity index (χ1n) is 5.31. The number of halogens is 2. The Kier molecular flexibility index (Phi) is 4.48. The van der Waals surface area contributed by atoms with Gasteiger partial charge in [0.25, 0.3) is 0 Å². The summed E-state index contributed by atoms with van der Waals surface area (Å²) in [5, 5.41) is 0. The van der Waals surface area contributed by atoms with Crippen LogP contribution in [0, 0.1) is 0 Å². The van der Waals surface area contributed by atoms with Crippen LogP contribution in [0.15, 0.2) is 18.2 Å². The van der Waals surface area contributed by atoms with Gasteiger partial charge in [-0.25, -0.2) is 13.4 Å². The van der Waals surface area contributed by atoms with Crippen molar-refractivity contribution < 1.29 is 8.42 Å². The first-order valence-corrected chi connectivity index (χ1v) is 8.86. The van der Waals surface area contributed by atoms with Crippen LogP contribution in [0.25, 0.3) is 10.2 Å². The van der Waals surface area contributed by atoms with Gasteiger partial charge >= 0.3 is 0 Å². The van der Waals surface area contributed by atoms with Crippen LogP contribution in [0.5, 0.6) is 0 Å². The molecule has 0 aliphatic heterocycles. The van der Waals surface area contributed by atoms with Crippen LogP contribution >= 0.6 is 34.5 Å². The summed E-state index contributed by atoms with van der Waals surface area (Å²) in [7, 11) is -3.09. The Balaban J connectivity index is 2.21. The van der Waals surface area contributed by atoms with Gasteiger partial charge in [-0.3, -0.25) is 0 Å². The zero-order valence-corrected chi connectivity index (χ0v) is 12.5. The van der Waals surface area contributed by atoms with E-state index in [4.69, 9.17) is 23.2 Å². The Bertz CT molecular complexity index is 652. The van der Waals surface area contributed by atoms with Crippen molar-refractivity contribution in [3.63, 3.8) is 0 Å². The van der Waals surface area contributed by atoms with E-state index in [2.05, 4.69) is 4.98 Å². The summed E-state index contributed by atoms with van der Waals surface area (Å²) >= 11 is 12.7. The summed E-state index contributed by atoms with van der Waals surface area (Å²) < 4.78 is 25.0. The Labute approximate surface area is 120 Å². The van der Waals surface area contributed by atoms with Gasteiger partial charge in [-0.1, -0.05) is 17.7 Å². The number of alkyl halides is 1. The SMILES string of the molecule is O=S(=O)(CCCCl)Cc1ccc2nc(Cl)sc2c1. The summed E-state index contributed by atoms with van der Waals surface area (Å²) in [4.78, 5) is 4.12.